The van der Waals surface area contributed by atoms with Crippen LogP contribution in [0.4, 0.5) is 4.39 Å². The van der Waals surface area contributed by atoms with Gasteiger partial charge in [0.2, 0.25) is 0 Å². The topological polar surface area (TPSA) is 39.9 Å². The van der Waals surface area contributed by atoms with Crippen molar-refractivity contribution < 1.29 is 9.23 Å². The normalized spacial score (nSPS) is 10.8. The highest BCUT2D eigenvalue weighted by atomic mass is 35.5. The Morgan fingerprint density at radius 2 is 1.95 bits per heavy atom. The van der Waals surface area contributed by atoms with Gasteiger partial charge in [-0.05, 0) is 41.1 Å². The molecule has 1 aromatic heterocycles. The molecule has 0 atom stereocenters. The molecule has 3 rings (SSSR count). The Morgan fingerprint density at radius 1 is 1.16 bits per heavy atom. The van der Waals surface area contributed by atoms with E-state index in [9.17, 15) is 4.39 Å². The fraction of sp³-hybridized carbons (Fsp3) is 0.0769. The molecule has 1 heterocycles. The van der Waals surface area contributed by atoms with E-state index in [0.29, 0.717) is 16.1 Å². The number of benzene rings is 2. The summed E-state index contributed by atoms with van der Waals surface area (Å²) in [4.78, 5) is 6.81. The quantitative estimate of drug-likeness (QED) is 0.739. The minimum Gasteiger partial charge on any atom is -0.390 e. The second-order valence-electron chi connectivity index (χ2n) is 4.00. The summed E-state index contributed by atoms with van der Waals surface area (Å²) in [6.07, 6.45) is 0. The Balaban J connectivity index is 1.81. The lowest BCUT2D eigenvalue weighted by molar-refractivity contribution is 0.0751. The van der Waals surface area contributed by atoms with Crippen molar-refractivity contribution in [3.8, 4) is 0 Å². The maximum absolute atomic E-state index is 12.8. The fourth-order valence-electron chi connectivity index (χ4n) is 1.68. The molecule has 0 saturated carbocycles. The molecule has 6 heteroatoms. The Kier molecular flexibility index (Phi) is 3.05. The molecule has 0 aliphatic heterocycles. The van der Waals surface area contributed by atoms with Gasteiger partial charge in [0.15, 0.2) is 0 Å². The molecule has 0 fully saturated rings. The minimum absolute atomic E-state index is 0.269. The molecule has 0 radical (unpaired) electrons. The van der Waals surface area contributed by atoms with Gasteiger partial charge in [0.25, 0.3) is 0 Å². The third kappa shape index (κ3) is 2.51. The molecule has 0 aliphatic carbocycles. The van der Waals surface area contributed by atoms with E-state index in [-0.39, 0.29) is 12.4 Å². The summed E-state index contributed by atoms with van der Waals surface area (Å²) in [5, 5.41) is 8.42. The Morgan fingerprint density at radius 3 is 2.74 bits per heavy atom. The van der Waals surface area contributed by atoms with Crippen LogP contribution in [0.5, 0.6) is 0 Å². The van der Waals surface area contributed by atoms with Crippen molar-refractivity contribution in [3.63, 3.8) is 0 Å². The number of rotatable bonds is 3. The van der Waals surface area contributed by atoms with Crippen molar-refractivity contribution in [3.05, 3.63) is 58.9 Å². The lowest BCUT2D eigenvalue weighted by atomic mass is 10.2. The molecule has 0 amide bonds. The number of nitrogens with zero attached hydrogens (tertiary/aromatic N) is 3. The Hall–Kier alpha value is -2.14. The smallest absolute Gasteiger partial charge is 0.142 e. The van der Waals surface area contributed by atoms with E-state index < -0.39 is 0 Å². The predicted octanol–water partition coefficient (Wildman–Crippen LogP) is 2.85. The summed E-state index contributed by atoms with van der Waals surface area (Å²) in [5.74, 6) is -0.276. The van der Waals surface area contributed by atoms with E-state index in [2.05, 4.69) is 10.3 Å². The van der Waals surface area contributed by atoms with Gasteiger partial charge in [-0.25, -0.2) is 4.39 Å². The summed E-state index contributed by atoms with van der Waals surface area (Å²) in [6, 6.07) is 11.3. The van der Waals surface area contributed by atoms with Crippen LogP contribution in [0.2, 0.25) is 5.02 Å². The number of halogens is 2. The van der Waals surface area contributed by atoms with E-state index in [1.165, 1.54) is 17.0 Å². The van der Waals surface area contributed by atoms with Crippen molar-refractivity contribution in [2.24, 2.45) is 0 Å². The van der Waals surface area contributed by atoms with Crippen molar-refractivity contribution in [1.29, 1.82) is 0 Å². The standard InChI is InChI=1S/C13H9ClFN3O/c14-10-3-6-12-13(7-10)18(17-16-12)19-8-9-1-4-11(15)5-2-9/h1-7H,8H2. The van der Waals surface area contributed by atoms with Crippen LogP contribution in [-0.4, -0.2) is 15.2 Å². The van der Waals surface area contributed by atoms with Crippen LogP contribution in [-0.2, 0) is 6.61 Å². The van der Waals surface area contributed by atoms with Crippen molar-refractivity contribution in [2.75, 3.05) is 0 Å². The fourth-order valence-corrected chi connectivity index (χ4v) is 1.85. The van der Waals surface area contributed by atoms with Crippen LogP contribution in [0.3, 0.4) is 0 Å². The van der Waals surface area contributed by atoms with E-state index in [1.54, 1.807) is 30.3 Å². The van der Waals surface area contributed by atoms with Gasteiger partial charge in [-0.3, -0.25) is 0 Å². The summed E-state index contributed by atoms with van der Waals surface area (Å²) in [5.41, 5.74) is 2.23. The van der Waals surface area contributed by atoms with Crippen molar-refractivity contribution in [2.45, 2.75) is 6.61 Å². The number of aromatic nitrogens is 3. The molecule has 96 valence electrons. The molecule has 19 heavy (non-hydrogen) atoms. The van der Waals surface area contributed by atoms with Gasteiger partial charge in [-0.2, -0.15) is 0 Å². The largest absolute Gasteiger partial charge is 0.390 e. The molecule has 0 saturated heterocycles. The van der Waals surface area contributed by atoms with Crippen LogP contribution in [0.15, 0.2) is 42.5 Å². The molecule has 3 aromatic rings. The van der Waals surface area contributed by atoms with Gasteiger partial charge >= 0.3 is 0 Å². The number of hydrogen-bond acceptors (Lipinski definition) is 3. The average Bonchev–Trinajstić information content (AvgIpc) is 2.80. The number of hydrogen-bond donors (Lipinski definition) is 0. The molecule has 0 N–H and O–H groups in total. The summed E-state index contributed by atoms with van der Waals surface area (Å²) < 4.78 is 12.8. The van der Waals surface area contributed by atoms with E-state index in [1.807, 2.05) is 0 Å². The summed E-state index contributed by atoms with van der Waals surface area (Å²) in [6.45, 7) is 0.269. The van der Waals surface area contributed by atoms with E-state index in [0.717, 1.165) is 5.56 Å². The molecular weight excluding hydrogens is 269 g/mol. The summed E-state index contributed by atoms with van der Waals surface area (Å²) in [7, 11) is 0. The van der Waals surface area contributed by atoms with Crippen LogP contribution >= 0.6 is 11.6 Å². The number of fused-ring (bicyclic) bond motifs is 1. The lowest BCUT2D eigenvalue weighted by Crippen LogP contribution is -2.12. The zero-order chi connectivity index (χ0) is 13.2. The summed E-state index contributed by atoms with van der Waals surface area (Å²) >= 11 is 5.92. The highest BCUT2D eigenvalue weighted by Gasteiger charge is 2.06. The zero-order valence-electron chi connectivity index (χ0n) is 9.75. The molecule has 0 bridgehead atoms. The highest BCUT2D eigenvalue weighted by molar-refractivity contribution is 6.31. The van der Waals surface area contributed by atoms with Gasteiger partial charge in [-0.1, -0.05) is 28.6 Å². The maximum Gasteiger partial charge on any atom is 0.142 e. The van der Waals surface area contributed by atoms with Crippen molar-refractivity contribution in [1.82, 2.24) is 15.2 Å². The third-order valence-electron chi connectivity index (χ3n) is 2.64. The van der Waals surface area contributed by atoms with Crippen LogP contribution in [0.25, 0.3) is 11.0 Å². The Labute approximate surface area is 113 Å². The van der Waals surface area contributed by atoms with E-state index >= 15 is 0 Å². The van der Waals surface area contributed by atoms with Crippen LogP contribution in [0.1, 0.15) is 5.56 Å². The first-order chi connectivity index (χ1) is 9.22. The van der Waals surface area contributed by atoms with Crippen LogP contribution < -0.4 is 4.84 Å². The Bertz CT molecular complexity index is 711. The monoisotopic (exact) mass is 277 g/mol. The SMILES string of the molecule is Fc1ccc(COn2nnc3ccc(Cl)cc32)cc1. The predicted molar refractivity (Wildman–Crippen MR) is 69.2 cm³/mol. The minimum atomic E-state index is -0.276. The van der Waals surface area contributed by atoms with Gasteiger partial charge in [0.1, 0.15) is 23.5 Å². The van der Waals surface area contributed by atoms with Gasteiger partial charge < -0.3 is 4.84 Å². The first kappa shape index (κ1) is 11.9. The van der Waals surface area contributed by atoms with Crippen LogP contribution in [0, 0.1) is 5.82 Å². The molecule has 4 nitrogen and oxygen atoms in total. The second kappa shape index (κ2) is 4.85. The first-order valence-electron chi connectivity index (χ1n) is 5.61. The zero-order valence-corrected chi connectivity index (χ0v) is 10.5. The highest BCUT2D eigenvalue weighted by Crippen LogP contribution is 2.16. The van der Waals surface area contributed by atoms with Gasteiger partial charge in [0.05, 0.1) is 0 Å². The lowest BCUT2D eigenvalue weighted by Gasteiger charge is -2.05. The van der Waals surface area contributed by atoms with Crippen molar-refractivity contribution >= 4 is 22.6 Å². The van der Waals surface area contributed by atoms with E-state index in [4.69, 9.17) is 16.4 Å². The first-order valence-corrected chi connectivity index (χ1v) is 5.99. The van der Waals surface area contributed by atoms with Gasteiger partial charge in [-0.15, -0.1) is 5.10 Å². The molecule has 0 unspecified atom stereocenters. The average molecular weight is 278 g/mol. The van der Waals surface area contributed by atoms with Gasteiger partial charge in [0, 0.05) is 5.02 Å². The molecular formula is C13H9ClFN3O. The molecule has 0 aliphatic rings. The maximum atomic E-state index is 12.8. The second-order valence-corrected chi connectivity index (χ2v) is 4.43. The third-order valence-corrected chi connectivity index (χ3v) is 2.88. The molecule has 0 spiro atoms. The molecule has 2 aromatic carbocycles.